The molecule has 1 aliphatic heterocycles. The fourth-order valence-corrected chi connectivity index (χ4v) is 4.56. The van der Waals surface area contributed by atoms with Crippen LogP contribution in [0.2, 0.25) is 0 Å². The Bertz CT molecular complexity index is 1120. The van der Waals surface area contributed by atoms with Gasteiger partial charge in [0.15, 0.2) is 0 Å². The zero-order valence-corrected chi connectivity index (χ0v) is 16.5. The number of phenols is 2. The lowest BCUT2D eigenvalue weighted by atomic mass is 9.62. The number of benzene rings is 3. The van der Waals surface area contributed by atoms with Gasteiger partial charge in [-0.2, -0.15) is 0 Å². The summed E-state index contributed by atoms with van der Waals surface area (Å²) in [6.07, 6.45) is 10.1. The molecular formula is C27H22O3. The molecule has 30 heavy (non-hydrogen) atoms. The van der Waals surface area contributed by atoms with Gasteiger partial charge in [0.05, 0.1) is 5.41 Å². The number of para-hydroxylation sites is 1. The highest BCUT2D eigenvalue weighted by molar-refractivity contribution is 5.68. The molecule has 0 unspecified atom stereocenters. The minimum atomic E-state index is -0.632. The molecule has 0 saturated heterocycles. The molecule has 3 aromatic rings. The van der Waals surface area contributed by atoms with Crippen LogP contribution >= 0.6 is 0 Å². The third kappa shape index (κ3) is 2.82. The average Bonchev–Trinajstić information content (AvgIpc) is 2.75. The van der Waals surface area contributed by atoms with E-state index in [4.69, 9.17) is 4.74 Å². The number of hydrogen-bond donors (Lipinski definition) is 2. The lowest BCUT2D eigenvalue weighted by Crippen LogP contribution is -2.36. The van der Waals surface area contributed by atoms with Gasteiger partial charge in [-0.15, -0.1) is 0 Å². The Hall–Kier alpha value is -3.72. The van der Waals surface area contributed by atoms with Crippen LogP contribution in [0.3, 0.4) is 0 Å². The first-order valence-electron chi connectivity index (χ1n) is 10.1. The Balaban J connectivity index is 1.92. The summed E-state index contributed by atoms with van der Waals surface area (Å²) in [4.78, 5) is 0. The molecule has 1 heterocycles. The number of ether oxygens (including phenoxy) is 1. The molecule has 0 amide bonds. The molecular weight excluding hydrogens is 372 g/mol. The number of hydrogen-bond acceptors (Lipinski definition) is 3. The normalized spacial score (nSPS) is 16.8. The number of rotatable bonds is 2. The predicted octanol–water partition coefficient (Wildman–Crippen LogP) is 5.98. The Kier molecular flexibility index (Phi) is 4.44. The lowest BCUT2D eigenvalue weighted by Gasteiger charge is -2.42. The molecule has 0 spiro atoms. The molecule has 148 valence electrons. The summed E-state index contributed by atoms with van der Waals surface area (Å²) in [5.41, 5.74) is 3.54. The predicted molar refractivity (Wildman–Crippen MR) is 118 cm³/mol. The molecule has 2 aliphatic rings. The van der Waals surface area contributed by atoms with Gasteiger partial charge in [0.25, 0.3) is 0 Å². The maximum absolute atomic E-state index is 9.96. The number of aromatic hydroxyl groups is 2. The maximum Gasteiger partial charge on any atom is 0.131 e. The van der Waals surface area contributed by atoms with Gasteiger partial charge >= 0.3 is 0 Å². The van der Waals surface area contributed by atoms with E-state index in [1.165, 1.54) is 0 Å². The first-order valence-corrected chi connectivity index (χ1v) is 10.1. The van der Waals surface area contributed by atoms with Crippen molar-refractivity contribution >= 4 is 0 Å². The summed E-state index contributed by atoms with van der Waals surface area (Å²) < 4.78 is 6.41. The molecule has 1 aliphatic carbocycles. The minimum Gasteiger partial charge on any atom is -0.508 e. The van der Waals surface area contributed by atoms with Crippen molar-refractivity contribution in [2.45, 2.75) is 18.3 Å². The first-order chi connectivity index (χ1) is 14.7. The van der Waals surface area contributed by atoms with Crippen molar-refractivity contribution in [1.82, 2.24) is 0 Å². The van der Waals surface area contributed by atoms with E-state index in [-0.39, 0.29) is 11.5 Å². The Morgan fingerprint density at radius 2 is 1.37 bits per heavy atom. The van der Waals surface area contributed by atoms with Crippen LogP contribution in [-0.4, -0.2) is 10.2 Å². The largest absolute Gasteiger partial charge is 0.508 e. The van der Waals surface area contributed by atoms with Crippen molar-refractivity contribution < 1.29 is 14.9 Å². The van der Waals surface area contributed by atoms with Gasteiger partial charge in [0.1, 0.15) is 23.0 Å². The number of fused-ring (bicyclic) bond motifs is 1. The molecule has 3 nitrogen and oxygen atoms in total. The van der Waals surface area contributed by atoms with Crippen molar-refractivity contribution in [3.63, 3.8) is 0 Å². The van der Waals surface area contributed by atoms with Crippen molar-refractivity contribution in [2.24, 2.45) is 0 Å². The van der Waals surface area contributed by atoms with Crippen LogP contribution in [0.5, 0.6) is 17.2 Å². The van der Waals surface area contributed by atoms with Crippen LogP contribution in [0.15, 0.2) is 108 Å². The molecule has 2 N–H and O–H groups in total. The molecule has 3 heteroatoms. The monoisotopic (exact) mass is 394 g/mol. The molecule has 0 fully saturated rings. The Morgan fingerprint density at radius 3 is 2.03 bits per heavy atom. The minimum absolute atomic E-state index is 0.227. The average molecular weight is 394 g/mol. The van der Waals surface area contributed by atoms with E-state index in [1.807, 2.05) is 42.5 Å². The second kappa shape index (κ2) is 7.27. The second-order valence-corrected chi connectivity index (χ2v) is 7.60. The van der Waals surface area contributed by atoms with Gasteiger partial charge in [0, 0.05) is 17.6 Å². The third-order valence-electron chi connectivity index (χ3n) is 5.88. The SMILES string of the molecule is Oc1ccc(C2(c3ccc(O)cc3)C3=C(CCC=CC=C3)Oc3ccccc32)cc1. The van der Waals surface area contributed by atoms with Gasteiger partial charge < -0.3 is 14.9 Å². The molecule has 0 aromatic heterocycles. The highest BCUT2D eigenvalue weighted by atomic mass is 16.5. The van der Waals surface area contributed by atoms with Crippen molar-refractivity contribution in [3.8, 4) is 17.2 Å². The summed E-state index contributed by atoms with van der Waals surface area (Å²) in [6, 6.07) is 22.9. The van der Waals surface area contributed by atoms with Gasteiger partial charge in [-0.3, -0.25) is 0 Å². The molecule has 3 aromatic carbocycles. The van der Waals surface area contributed by atoms with Gasteiger partial charge in [-0.1, -0.05) is 66.8 Å². The first kappa shape index (κ1) is 18.3. The van der Waals surface area contributed by atoms with E-state index >= 15 is 0 Å². The molecule has 0 bridgehead atoms. The zero-order valence-electron chi connectivity index (χ0n) is 16.5. The highest BCUT2D eigenvalue weighted by Gasteiger charge is 2.45. The number of phenolic OH excluding ortho intramolecular Hbond substituents is 2. The number of allylic oxidation sites excluding steroid dienone is 6. The molecule has 5 rings (SSSR count). The smallest absolute Gasteiger partial charge is 0.131 e. The summed E-state index contributed by atoms with van der Waals surface area (Å²) in [7, 11) is 0. The summed E-state index contributed by atoms with van der Waals surface area (Å²) in [5.74, 6) is 2.22. The molecule has 0 radical (unpaired) electrons. The second-order valence-electron chi connectivity index (χ2n) is 7.60. The van der Waals surface area contributed by atoms with E-state index in [9.17, 15) is 10.2 Å². The third-order valence-corrected chi connectivity index (χ3v) is 5.88. The Morgan fingerprint density at radius 1 is 0.733 bits per heavy atom. The summed E-state index contributed by atoms with van der Waals surface area (Å²) in [5, 5.41) is 19.9. The van der Waals surface area contributed by atoms with Crippen molar-refractivity contribution in [3.05, 3.63) is 125 Å². The summed E-state index contributed by atoms with van der Waals surface area (Å²) >= 11 is 0. The van der Waals surface area contributed by atoms with Crippen molar-refractivity contribution in [2.75, 3.05) is 0 Å². The maximum atomic E-state index is 9.96. The fourth-order valence-electron chi connectivity index (χ4n) is 4.56. The Labute approximate surface area is 175 Å². The zero-order chi connectivity index (χ0) is 20.6. The van der Waals surface area contributed by atoms with Crippen LogP contribution in [0.4, 0.5) is 0 Å². The van der Waals surface area contributed by atoms with E-state index in [1.54, 1.807) is 24.3 Å². The van der Waals surface area contributed by atoms with E-state index in [2.05, 4.69) is 30.4 Å². The highest BCUT2D eigenvalue weighted by Crippen LogP contribution is 2.53. The van der Waals surface area contributed by atoms with Crippen LogP contribution < -0.4 is 4.74 Å². The van der Waals surface area contributed by atoms with Gasteiger partial charge in [0.2, 0.25) is 0 Å². The molecule has 0 saturated carbocycles. The lowest BCUT2D eigenvalue weighted by molar-refractivity contribution is 0.365. The molecule has 0 atom stereocenters. The van der Waals surface area contributed by atoms with Crippen molar-refractivity contribution in [1.29, 1.82) is 0 Å². The fraction of sp³-hybridized carbons (Fsp3) is 0.111. The standard InChI is InChI=1S/C27H22O3/c28-21-15-11-19(12-16-21)27(20-13-17-22(29)18-14-20)23-7-3-1-2-4-9-25(23)30-26-10-6-5-8-24(26)27/h1-3,5-8,10-18,28-29H,4,9H2. The van der Waals surface area contributed by atoms with Gasteiger partial charge in [-0.05, 0) is 47.9 Å². The van der Waals surface area contributed by atoms with Crippen LogP contribution in [-0.2, 0) is 5.41 Å². The van der Waals surface area contributed by atoms with Crippen LogP contribution in [0.1, 0.15) is 29.5 Å². The van der Waals surface area contributed by atoms with E-state index in [0.717, 1.165) is 46.6 Å². The van der Waals surface area contributed by atoms with Gasteiger partial charge in [-0.25, -0.2) is 0 Å². The van der Waals surface area contributed by atoms with E-state index in [0.29, 0.717) is 0 Å². The van der Waals surface area contributed by atoms with E-state index < -0.39 is 5.41 Å². The quantitative estimate of drug-likeness (QED) is 0.562. The topological polar surface area (TPSA) is 49.7 Å². The van der Waals surface area contributed by atoms with Crippen LogP contribution in [0, 0.1) is 0 Å². The van der Waals surface area contributed by atoms with Crippen LogP contribution in [0.25, 0.3) is 0 Å². The summed E-state index contributed by atoms with van der Waals surface area (Å²) in [6.45, 7) is 0.